The normalized spacial score (nSPS) is 10.0. The third-order valence-electron chi connectivity index (χ3n) is 2.06. The molecule has 17 heavy (non-hydrogen) atoms. The van der Waals surface area contributed by atoms with Gasteiger partial charge in [0.15, 0.2) is 0 Å². The molecule has 0 radical (unpaired) electrons. The molecule has 2 nitrogen and oxygen atoms in total. The standard InChI is InChI=1S/C13H16BrNOS/c1-10-4-3-5-12(6-10)8-17-9-13(16)15-7-11(2)14/h3-6H,2,7-9H2,1H3,(H,15,16). The Labute approximate surface area is 115 Å². The van der Waals surface area contributed by atoms with E-state index in [4.69, 9.17) is 0 Å². The molecule has 1 aromatic carbocycles. The van der Waals surface area contributed by atoms with Gasteiger partial charge in [0.25, 0.3) is 0 Å². The molecule has 1 rings (SSSR count). The second-order valence-electron chi connectivity index (χ2n) is 3.78. The third-order valence-corrected chi connectivity index (χ3v) is 3.35. The van der Waals surface area contributed by atoms with E-state index >= 15 is 0 Å². The molecule has 0 saturated heterocycles. The summed E-state index contributed by atoms with van der Waals surface area (Å²) in [4.78, 5) is 11.4. The van der Waals surface area contributed by atoms with Crippen LogP contribution in [-0.2, 0) is 10.5 Å². The Kier molecular flexibility index (Phi) is 6.37. The van der Waals surface area contributed by atoms with Gasteiger partial charge in [-0.25, -0.2) is 0 Å². The molecule has 0 aliphatic rings. The zero-order chi connectivity index (χ0) is 12.7. The van der Waals surface area contributed by atoms with Crippen molar-refractivity contribution in [3.05, 3.63) is 46.5 Å². The SMILES string of the molecule is C=C(Br)CNC(=O)CSCc1cccc(C)c1. The fourth-order valence-electron chi connectivity index (χ4n) is 1.31. The zero-order valence-electron chi connectivity index (χ0n) is 9.83. The molecule has 0 aliphatic carbocycles. The number of hydrogen-bond donors (Lipinski definition) is 1. The lowest BCUT2D eigenvalue weighted by Crippen LogP contribution is -2.26. The van der Waals surface area contributed by atoms with Crippen LogP contribution in [0.4, 0.5) is 0 Å². The number of benzene rings is 1. The Morgan fingerprint density at radius 3 is 2.94 bits per heavy atom. The lowest BCUT2D eigenvalue weighted by atomic mass is 10.2. The molecule has 4 heteroatoms. The van der Waals surface area contributed by atoms with Crippen LogP contribution in [0.2, 0.25) is 0 Å². The van der Waals surface area contributed by atoms with E-state index in [2.05, 4.69) is 52.9 Å². The van der Waals surface area contributed by atoms with Gasteiger partial charge in [0.2, 0.25) is 5.91 Å². The van der Waals surface area contributed by atoms with Crippen LogP contribution in [0.25, 0.3) is 0 Å². The zero-order valence-corrected chi connectivity index (χ0v) is 12.2. The van der Waals surface area contributed by atoms with E-state index in [9.17, 15) is 4.79 Å². The first-order chi connectivity index (χ1) is 8.08. The molecule has 0 saturated carbocycles. The second kappa shape index (κ2) is 7.56. The maximum atomic E-state index is 11.4. The van der Waals surface area contributed by atoms with E-state index in [1.54, 1.807) is 11.8 Å². The van der Waals surface area contributed by atoms with Crippen LogP contribution >= 0.6 is 27.7 Å². The van der Waals surface area contributed by atoms with Crippen molar-refractivity contribution in [2.75, 3.05) is 12.3 Å². The molecule has 0 aliphatic heterocycles. The highest BCUT2D eigenvalue weighted by Crippen LogP contribution is 2.13. The second-order valence-corrected chi connectivity index (χ2v) is 5.88. The molecule has 0 aromatic heterocycles. The van der Waals surface area contributed by atoms with Crippen LogP contribution in [0, 0.1) is 6.92 Å². The quantitative estimate of drug-likeness (QED) is 0.873. The number of thioether (sulfide) groups is 1. The first-order valence-corrected chi connectivity index (χ1v) is 7.26. The third kappa shape index (κ3) is 6.54. The molecule has 1 aromatic rings. The van der Waals surface area contributed by atoms with Crippen molar-refractivity contribution in [3.63, 3.8) is 0 Å². The van der Waals surface area contributed by atoms with E-state index in [-0.39, 0.29) is 5.91 Å². The predicted octanol–water partition coefficient (Wildman–Crippen LogP) is 3.25. The number of carbonyl (C=O) groups excluding carboxylic acids is 1. The summed E-state index contributed by atoms with van der Waals surface area (Å²) in [6.07, 6.45) is 0. The number of halogens is 1. The number of hydrogen-bond acceptors (Lipinski definition) is 2. The van der Waals surface area contributed by atoms with Crippen molar-refractivity contribution in [1.82, 2.24) is 5.32 Å². The van der Waals surface area contributed by atoms with Crippen molar-refractivity contribution in [2.45, 2.75) is 12.7 Å². The smallest absolute Gasteiger partial charge is 0.230 e. The van der Waals surface area contributed by atoms with Crippen molar-refractivity contribution in [1.29, 1.82) is 0 Å². The Morgan fingerprint density at radius 1 is 1.53 bits per heavy atom. The summed E-state index contributed by atoms with van der Waals surface area (Å²) in [6, 6.07) is 8.34. The fraction of sp³-hybridized carbons (Fsp3) is 0.308. The first-order valence-electron chi connectivity index (χ1n) is 5.31. The molecule has 0 fully saturated rings. The minimum absolute atomic E-state index is 0.0447. The summed E-state index contributed by atoms with van der Waals surface area (Å²) in [5.74, 6) is 1.39. The predicted molar refractivity (Wildman–Crippen MR) is 78.4 cm³/mol. The maximum Gasteiger partial charge on any atom is 0.230 e. The molecule has 0 bridgehead atoms. The molecule has 1 N–H and O–H groups in total. The largest absolute Gasteiger partial charge is 0.351 e. The molecule has 0 spiro atoms. The molecule has 0 atom stereocenters. The minimum Gasteiger partial charge on any atom is -0.351 e. The summed E-state index contributed by atoms with van der Waals surface area (Å²) < 4.78 is 0.787. The average molecular weight is 314 g/mol. The summed E-state index contributed by atoms with van der Waals surface area (Å²) in [5.41, 5.74) is 2.51. The highest BCUT2D eigenvalue weighted by molar-refractivity contribution is 9.11. The van der Waals surface area contributed by atoms with Gasteiger partial charge in [-0.3, -0.25) is 4.79 Å². The Bertz CT molecular complexity index is 406. The summed E-state index contributed by atoms with van der Waals surface area (Å²) >= 11 is 4.82. The minimum atomic E-state index is 0.0447. The Balaban J connectivity index is 2.23. The van der Waals surface area contributed by atoms with Gasteiger partial charge < -0.3 is 5.32 Å². The maximum absolute atomic E-state index is 11.4. The van der Waals surface area contributed by atoms with Gasteiger partial charge in [0.05, 0.1) is 5.75 Å². The van der Waals surface area contributed by atoms with Gasteiger partial charge >= 0.3 is 0 Å². The number of nitrogens with one attached hydrogen (secondary N) is 1. The van der Waals surface area contributed by atoms with E-state index in [0.717, 1.165) is 10.2 Å². The van der Waals surface area contributed by atoms with E-state index < -0.39 is 0 Å². The molecule has 92 valence electrons. The summed E-state index contributed by atoms with van der Waals surface area (Å²) in [6.45, 7) is 6.22. The van der Waals surface area contributed by atoms with E-state index in [0.29, 0.717) is 12.3 Å². The molecular formula is C13H16BrNOS. The van der Waals surface area contributed by atoms with Crippen molar-refractivity contribution in [3.8, 4) is 0 Å². The van der Waals surface area contributed by atoms with Crippen LogP contribution in [-0.4, -0.2) is 18.2 Å². The highest BCUT2D eigenvalue weighted by atomic mass is 79.9. The van der Waals surface area contributed by atoms with Crippen LogP contribution in [0.15, 0.2) is 35.3 Å². The number of amides is 1. The summed E-state index contributed by atoms with van der Waals surface area (Å²) in [5, 5.41) is 2.77. The number of carbonyl (C=O) groups is 1. The highest BCUT2D eigenvalue weighted by Gasteiger charge is 2.01. The fourth-order valence-corrected chi connectivity index (χ4v) is 2.25. The number of aryl methyl sites for hydroxylation is 1. The monoisotopic (exact) mass is 313 g/mol. The lowest BCUT2D eigenvalue weighted by molar-refractivity contribution is -0.118. The molecule has 1 amide bonds. The van der Waals surface area contributed by atoms with Gasteiger partial charge in [-0.2, -0.15) is 0 Å². The van der Waals surface area contributed by atoms with Crippen LogP contribution in [0.5, 0.6) is 0 Å². The van der Waals surface area contributed by atoms with E-state index in [1.165, 1.54) is 11.1 Å². The molecular weight excluding hydrogens is 298 g/mol. The Morgan fingerprint density at radius 2 is 2.29 bits per heavy atom. The molecule has 0 heterocycles. The first kappa shape index (κ1) is 14.3. The Hall–Kier alpha value is -0.740. The van der Waals surface area contributed by atoms with Crippen LogP contribution < -0.4 is 5.32 Å². The topological polar surface area (TPSA) is 29.1 Å². The van der Waals surface area contributed by atoms with Crippen molar-refractivity contribution < 1.29 is 4.79 Å². The molecule has 0 unspecified atom stereocenters. The summed E-state index contributed by atoms with van der Waals surface area (Å²) in [7, 11) is 0. The van der Waals surface area contributed by atoms with Crippen LogP contribution in [0.3, 0.4) is 0 Å². The van der Waals surface area contributed by atoms with Gasteiger partial charge in [0.1, 0.15) is 0 Å². The van der Waals surface area contributed by atoms with Gasteiger partial charge in [0, 0.05) is 16.8 Å². The lowest BCUT2D eigenvalue weighted by Gasteiger charge is -2.04. The van der Waals surface area contributed by atoms with Gasteiger partial charge in [-0.1, -0.05) is 52.3 Å². The van der Waals surface area contributed by atoms with Crippen molar-refractivity contribution >= 4 is 33.6 Å². The van der Waals surface area contributed by atoms with Gasteiger partial charge in [-0.05, 0) is 12.5 Å². The van der Waals surface area contributed by atoms with Gasteiger partial charge in [-0.15, -0.1) is 11.8 Å². The van der Waals surface area contributed by atoms with Crippen LogP contribution in [0.1, 0.15) is 11.1 Å². The average Bonchev–Trinajstić information content (AvgIpc) is 2.26. The van der Waals surface area contributed by atoms with E-state index in [1.807, 2.05) is 6.07 Å². The number of rotatable bonds is 6. The van der Waals surface area contributed by atoms with Crippen molar-refractivity contribution in [2.24, 2.45) is 0 Å².